The van der Waals surface area contributed by atoms with E-state index in [1.165, 1.54) is 12.1 Å². The first kappa shape index (κ1) is 14.7. The van der Waals surface area contributed by atoms with Gasteiger partial charge in [0.15, 0.2) is 11.6 Å². The van der Waals surface area contributed by atoms with E-state index < -0.39 is 23.1 Å². The Morgan fingerprint density at radius 2 is 2.20 bits per heavy atom. The summed E-state index contributed by atoms with van der Waals surface area (Å²) in [6, 6.07) is 3.76. The number of amides is 1. The summed E-state index contributed by atoms with van der Waals surface area (Å²) in [7, 11) is 0. The first-order valence-electron chi connectivity index (χ1n) is 6.60. The van der Waals surface area contributed by atoms with E-state index in [0.29, 0.717) is 12.8 Å². The number of carbonyl (C=O) groups excluding carboxylic acids is 1. The van der Waals surface area contributed by atoms with Crippen LogP contribution in [0.25, 0.3) is 0 Å². The molecule has 0 bridgehead atoms. The zero-order valence-corrected chi connectivity index (χ0v) is 11.1. The van der Waals surface area contributed by atoms with Crippen LogP contribution in [0.2, 0.25) is 0 Å². The molecule has 2 rings (SSSR count). The van der Waals surface area contributed by atoms with Crippen LogP contribution in [0.15, 0.2) is 18.2 Å². The number of hydrogen-bond acceptors (Lipinski definition) is 3. The lowest BCUT2D eigenvalue weighted by atomic mass is 9.85. The molecule has 1 aromatic carbocycles. The molecule has 1 amide bonds. The molecule has 1 aliphatic rings. The summed E-state index contributed by atoms with van der Waals surface area (Å²) in [5.74, 6) is -2.69. The average Bonchev–Trinajstić information content (AvgIpc) is 2.78. The summed E-state index contributed by atoms with van der Waals surface area (Å²) in [5.41, 5.74) is 10.3. The molecule has 0 saturated heterocycles. The molecule has 4 N–H and O–H groups in total. The largest absolute Gasteiger partial charge is 0.490 e. The van der Waals surface area contributed by atoms with Crippen LogP contribution in [0, 0.1) is 17.6 Å². The van der Waals surface area contributed by atoms with Crippen molar-refractivity contribution in [1.29, 1.82) is 0 Å². The standard InChI is InChI=1S/C14H18F2N2O2/c15-10-4-1-5-11(12(10)16)20-8-6-9-3-2-7-14(9,18)13(17)19/h1,4-5,9H,2-3,6-8,18H2,(H2,17,19). The van der Waals surface area contributed by atoms with Crippen molar-refractivity contribution in [2.45, 2.75) is 31.2 Å². The van der Waals surface area contributed by atoms with Gasteiger partial charge in [0.1, 0.15) is 0 Å². The molecule has 2 atom stereocenters. The minimum Gasteiger partial charge on any atom is -0.490 e. The zero-order valence-electron chi connectivity index (χ0n) is 11.1. The number of nitrogens with two attached hydrogens (primary N) is 2. The van der Waals surface area contributed by atoms with E-state index in [1.54, 1.807) is 0 Å². The third-order valence-corrected chi connectivity index (χ3v) is 3.97. The van der Waals surface area contributed by atoms with Crippen LogP contribution in [0.4, 0.5) is 8.78 Å². The van der Waals surface area contributed by atoms with E-state index in [4.69, 9.17) is 16.2 Å². The molecule has 0 spiro atoms. The minimum absolute atomic E-state index is 0.0865. The SMILES string of the molecule is NC(=O)C1(N)CCCC1CCOc1cccc(F)c1F. The number of hydrogen-bond donors (Lipinski definition) is 2. The molecule has 1 aromatic rings. The molecule has 20 heavy (non-hydrogen) atoms. The van der Waals surface area contributed by atoms with Gasteiger partial charge in [-0.25, -0.2) is 4.39 Å². The van der Waals surface area contributed by atoms with Crippen LogP contribution >= 0.6 is 0 Å². The summed E-state index contributed by atoms with van der Waals surface area (Å²) in [6.45, 7) is 0.164. The lowest BCUT2D eigenvalue weighted by Gasteiger charge is -2.27. The molecule has 1 aliphatic carbocycles. The van der Waals surface area contributed by atoms with E-state index in [-0.39, 0.29) is 18.3 Å². The molecule has 0 aliphatic heterocycles. The molecule has 1 saturated carbocycles. The summed E-state index contributed by atoms with van der Waals surface area (Å²) >= 11 is 0. The third kappa shape index (κ3) is 2.75. The monoisotopic (exact) mass is 284 g/mol. The molecular formula is C14H18F2N2O2. The van der Waals surface area contributed by atoms with Gasteiger partial charge in [-0.1, -0.05) is 12.5 Å². The van der Waals surface area contributed by atoms with Gasteiger partial charge in [0.2, 0.25) is 11.7 Å². The van der Waals surface area contributed by atoms with Crippen molar-refractivity contribution in [3.05, 3.63) is 29.8 Å². The Balaban J connectivity index is 1.93. The highest BCUT2D eigenvalue weighted by atomic mass is 19.2. The number of rotatable bonds is 5. The van der Waals surface area contributed by atoms with Crippen molar-refractivity contribution >= 4 is 5.91 Å². The van der Waals surface area contributed by atoms with Crippen LogP contribution in [0.3, 0.4) is 0 Å². The predicted molar refractivity (Wildman–Crippen MR) is 69.9 cm³/mol. The minimum atomic E-state index is -1.01. The topological polar surface area (TPSA) is 78.3 Å². The number of primary amides is 1. The Labute approximate surface area is 116 Å². The van der Waals surface area contributed by atoms with Crippen LogP contribution in [-0.2, 0) is 4.79 Å². The van der Waals surface area contributed by atoms with Crippen LogP contribution in [0.5, 0.6) is 5.75 Å². The fourth-order valence-corrected chi connectivity index (χ4v) is 2.74. The molecule has 0 aromatic heterocycles. The summed E-state index contributed by atoms with van der Waals surface area (Å²) < 4.78 is 31.6. The van der Waals surface area contributed by atoms with E-state index in [2.05, 4.69) is 0 Å². The predicted octanol–water partition coefficient (Wildman–Crippen LogP) is 1.72. The van der Waals surface area contributed by atoms with Gasteiger partial charge in [-0.3, -0.25) is 4.79 Å². The number of ether oxygens (including phenoxy) is 1. The fraction of sp³-hybridized carbons (Fsp3) is 0.500. The molecule has 6 heteroatoms. The second-order valence-electron chi connectivity index (χ2n) is 5.18. The number of halogens is 2. The second-order valence-corrected chi connectivity index (χ2v) is 5.18. The summed E-state index contributed by atoms with van der Waals surface area (Å²) in [5, 5.41) is 0. The molecule has 110 valence electrons. The maximum absolute atomic E-state index is 13.4. The maximum Gasteiger partial charge on any atom is 0.237 e. The normalized spacial score (nSPS) is 25.6. The summed E-state index contributed by atoms with van der Waals surface area (Å²) in [6.07, 6.45) is 2.66. The Morgan fingerprint density at radius 3 is 2.90 bits per heavy atom. The van der Waals surface area contributed by atoms with Gasteiger partial charge in [-0.05, 0) is 37.3 Å². The molecule has 0 radical (unpaired) electrons. The van der Waals surface area contributed by atoms with Gasteiger partial charge in [-0.2, -0.15) is 4.39 Å². The average molecular weight is 284 g/mol. The van der Waals surface area contributed by atoms with E-state index >= 15 is 0 Å². The van der Waals surface area contributed by atoms with E-state index in [0.717, 1.165) is 18.9 Å². The van der Waals surface area contributed by atoms with Crippen molar-refractivity contribution in [3.8, 4) is 5.75 Å². The molecule has 2 unspecified atom stereocenters. The van der Waals surface area contributed by atoms with Crippen molar-refractivity contribution in [1.82, 2.24) is 0 Å². The number of benzene rings is 1. The highest BCUT2D eigenvalue weighted by molar-refractivity contribution is 5.85. The lowest BCUT2D eigenvalue weighted by Crippen LogP contribution is -2.54. The van der Waals surface area contributed by atoms with Crippen molar-refractivity contribution in [2.24, 2.45) is 17.4 Å². The summed E-state index contributed by atoms with van der Waals surface area (Å²) in [4.78, 5) is 11.4. The Bertz CT molecular complexity index is 510. The van der Waals surface area contributed by atoms with E-state index in [1.807, 2.05) is 0 Å². The molecule has 0 heterocycles. The first-order chi connectivity index (χ1) is 9.45. The van der Waals surface area contributed by atoms with E-state index in [9.17, 15) is 13.6 Å². The Kier molecular flexibility index (Phi) is 4.23. The van der Waals surface area contributed by atoms with Gasteiger partial charge in [0.05, 0.1) is 12.1 Å². The lowest BCUT2D eigenvalue weighted by molar-refractivity contribution is -0.124. The van der Waals surface area contributed by atoms with Gasteiger partial charge in [0, 0.05) is 0 Å². The number of carbonyl (C=O) groups is 1. The highest BCUT2D eigenvalue weighted by Crippen LogP contribution is 2.36. The first-order valence-corrected chi connectivity index (χ1v) is 6.60. The Morgan fingerprint density at radius 1 is 1.45 bits per heavy atom. The second kappa shape index (κ2) is 5.75. The van der Waals surface area contributed by atoms with Gasteiger partial charge in [-0.15, -0.1) is 0 Å². The molecule has 1 fully saturated rings. The van der Waals surface area contributed by atoms with Gasteiger partial charge in [0.25, 0.3) is 0 Å². The van der Waals surface area contributed by atoms with Crippen LogP contribution in [0.1, 0.15) is 25.7 Å². The fourth-order valence-electron chi connectivity index (χ4n) is 2.74. The molecular weight excluding hydrogens is 266 g/mol. The maximum atomic E-state index is 13.4. The van der Waals surface area contributed by atoms with Crippen molar-refractivity contribution in [2.75, 3.05) is 6.61 Å². The smallest absolute Gasteiger partial charge is 0.237 e. The van der Waals surface area contributed by atoms with Gasteiger partial charge >= 0.3 is 0 Å². The zero-order chi connectivity index (χ0) is 14.8. The molecule has 4 nitrogen and oxygen atoms in total. The highest BCUT2D eigenvalue weighted by Gasteiger charge is 2.44. The quantitative estimate of drug-likeness (QED) is 0.864. The Hall–Kier alpha value is -1.69. The van der Waals surface area contributed by atoms with Crippen molar-refractivity contribution in [3.63, 3.8) is 0 Å². The van der Waals surface area contributed by atoms with Crippen LogP contribution in [-0.4, -0.2) is 18.1 Å². The third-order valence-electron chi connectivity index (χ3n) is 3.97. The van der Waals surface area contributed by atoms with Crippen LogP contribution < -0.4 is 16.2 Å². The van der Waals surface area contributed by atoms with Gasteiger partial charge < -0.3 is 16.2 Å². The van der Waals surface area contributed by atoms with Crippen molar-refractivity contribution < 1.29 is 18.3 Å².